The molecule has 0 spiro atoms. The minimum atomic E-state index is -0.221. The molecule has 3 N–H and O–H groups in total. The zero-order chi connectivity index (χ0) is 17.4. The van der Waals surface area contributed by atoms with Crippen LogP contribution < -0.4 is 10.6 Å². The fourth-order valence-corrected chi connectivity index (χ4v) is 2.10. The molecule has 0 unspecified atom stereocenters. The van der Waals surface area contributed by atoms with E-state index in [-0.39, 0.29) is 19.1 Å². The summed E-state index contributed by atoms with van der Waals surface area (Å²) < 4.78 is 5.22. The van der Waals surface area contributed by atoms with E-state index in [2.05, 4.69) is 34.6 Å². The number of carbonyl (C=O) groups is 1. The summed E-state index contributed by atoms with van der Waals surface area (Å²) in [6, 6.07) is 7.11. The van der Waals surface area contributed by atoms with Crippen LogP contribution in [-0.4, -0.2) is 34.3 Å². The highest BCUT2D eigenvalue weighted by Gasteiger charge is 2.08. The van der Waals surface area contributed by atoms with Gasteiger partial charge in [-0.2, -0.15) is 4.98 Å². The first-order valence-electron chi connectivity index (χ1n) is 8.13. The minimum Gasteiger partial charge on any atom is -0.395 e. The summed E-state index contributed by atoms with van der Waals surface area (Å²) in [6.07, 6.45) is 1.83. The van der Waals surface area contributed by atoms with Gasteiger partial charge in [-0.3, -0.25) is 4.79 Å². The molecule has 7 heteroatoms. The maximum absolute atomic E-state index is 11.9. The van der Waals surface area contributed by atoms with Crippen LogP contribution in [0.25, 0.3) is 0 Å². The third-order valence-electron chi connectivity index (χ3n) is 3.42. The van der Waals surface area contributed by atoms with Crippen molar-refractivity contribution in [2.45, 2.75) is 33.2 Å². The lowest BCUT2D eigenvalue weighted by atomic mass is 10.1. The molecule has 2 rings (SSSR count). The molecule has 7 nitrogen and oxygen atoms in total. The molecule has 0 fully saturated rings. The molecule has 0 saturated heterocycles. The van der Waals surface area contributed by atoms with E-state index >= 15 is 0 Å². The number of rotatable bonds is 9. The Balaban J connectivity index is 1.89. The van der Waals surface area contributed by atoms with E-state index in [1.807, 2.05) is 6.07 Å². The molecule has 0 bridgehead atoms. The molecule has 1 heterocycles. The quantitative estimate of drug-likeness (QED) is 0.649. The molecule has 0 radical (unpaired) electrons. The van der Waals surface area contributed by atoms with Crippen molar-refractivity contribution in [1.82, 2.24) is 15.5 Å². The fourth-order valence-electron chi connectivity index (χ4n) is 2.10. The van der Waals surface area contributed by atoms with Crippen molar-refractivity contribution in [2.75, 3.05) is 18.5 Å². The Kier molecular flexibility index (Phi) is 6.74. The Morgan fingerprint density at radius 1 is 1.38 bits per heavy atom. The van der Waals surface area contributed by atoms with Gasteiger partial charge in [-0.25, -0.2) is 0 Å². The number of aryl methyl sites for hydroxylation is 1. The summed E-state index contributed by atoms with van der Waals surface area (Å²) in [5, 5.41) is 18.5. The predicted molar refractivity (Wildman–Crippen MR) is 90.6 cm³/mol. The number of carbonyl (C=O) groups excluding carboxylic acids is 1. The molecule has 0 aliphatic rings. The number of hydrogen-bond acceptors (Lipinski definition) is 6. The number of aliphatic hydroxyl groups is 1. The lowest BCUT2D eigenvalue weighted by molar-refractivity contribution is 0.0945. The van der Waals surface area contributed by atoms with E-state index in [0.717, 1.165) is 24.4 Å². The van der Waals surface area contributed by atoms with Gasteiger partial charge >= 0.3 is 0 Å². The van der Waals surface area contributed by atoms with E-state index < -0.39 is 0 Å². The van der Waals surface area contributed by atoms with Crippen molar-refractivity contribution < 1.29 is 14.4 Å². The number of benzene rings is 1. The molecular formula is C17H24N4O3. The van der Waals surface area contributed by atoms with Gasteiger partial charge in [-0.15, -0.1) is 0 Å². The number of anilines is 1. The second kappa shape index (κ2) is 9.02. The first-order chi connectivity index (χ1) is 11.6. The highest BCUT2D eigenvalue weighted by atomic mass is 16.5. The van der Waals surface area contributed by atoms with Crippen molar-refractivity contribution in [3.63, 3.8) is 0 Å². The average molecular weight is 332 g/mol. The van der Waals surface area contributed by atoms with Crippen LogP contribution in [0, 0.1) is 5.92 Å². The van der Waals surface area contributed by atoms with Gasteiger partial charge in [0.1, 0.15) is 0 Å². The summed E-state index contributed by atoms with van der Waals surface area (Å²) in [5.74, 6) is 1.62. The van der Waals surface area contributed by atoms with Gasteiger partial charge in [-0.05, 0) is 30.5 Å². The van der Waals surface area contributed by atoms with E-state index in [0.29, 0.717) is 23.9 Å². The number of hydrogen-bond donors (Lipinski definition) is 3. The van der Waals surface area contributed by atoms with Crippen molar-refractivity contribution >= 4 is 11.6 Å². The molecule has 24 heavy (non-hydrogen) atoms. The largest absolute Gasteiger partial charge is 0.395 e. The zero-order valence-corrected chi connectivity index (χ0v) is 14.1. The molecule has 130 valence electrons. The van der Waals surface area contributed by atoms with Crippen LogP contribution in [0.2, 0.25) is 0 Å². The summed E-state index contributed by atoms with van der Waals surface area (Å²) in [7, 11) is 0. The van der Waals surface area contributed by atoms with Crippen molar-refractivity contribution in [2.24, 2.45) is 5.92 Å². The van der Waals surface area contributed by atoms with E-state index in [9.17, 15) is 4.79 Å². The SMILES string of the molecule is CC(C)CCc1noc(CNc2cccc(C(=O)NCCO)c2)n1. The highest BCUT2D eigenvalue weighted by Crippen LogP contribution is 2.12. The van der Waals surface area contributed by atoms with Crippen molar-refractivity contribution in [1.29, 1.82) is 0 Å². The number of nitrogens with zero attached hydrogens (tertiary/aromatic N) is 2. The Bertz CT molecular complexity index is 655. The van der Waals surface area contributed by atoms with E-state index in [1.165, 1.54) is 0 Å². The fraction of sp³-hybridized carbons (Fsp3) is 0.471. The van der Waals surface area contributed by atoms with Crippen LogP contribution in [0.3, 0.4) is 0 Å². The van der Waals surface area contributed by atoms with Gasteiger partial charge in [0.2, 0.25) is 5.89 Å². The van der Waals surface area contributed by atoms with Gasteiger partial charge in [-0.1, -0.05) is 25.1 Å². The minimum absolute atomic E-state index is 0.0833. The van der Waals surface area contributed by atoms with E-state index in [1.54, 1.807) is 18.2 Å². The third kappa shape index (κ3) is 5.66. The molecule has 0 saturated carbocycles. The van der Waals surface area contributed by atoms with Crippen LogP contribution in [0.5, 0.6) is 0 Å². The molecule has 0 aliphatic carbocycles. The van der Waals surface area contributed by atoms with Crippen molar-refractivity contribution in [3.05, 3.63) is 41.5 Å². The molecule has 2 aromatic rings. The number of amides is 1. The molecule has 1 aromatic heterocycles. The Hall–Kier alpha value is -2.41. The molecule has 1 amide bonds. The summed E-state index contributed by atoms with van der Waals surface area (Å²) >= 11 is 0. The van der Waals surface area contributed by atoms with Crippen LogP contribution in [-0.2, 0) is 13.0 Å². The number of aliphatic hydroxyl groups excluding tert-OH is 1. The van der Waals surface area contributed by atoms with E-state index in [4.69, 9.17) is 9.63 Å². The Morgan fingerprint density at radius 3 is 2.96 bits per heavy atom. The van der Waals surface area contributed by atoms with Gasteiger partial charge in [0, 0.05) is 24.2 Å². The third-order valence-corrected chi connectivity index (χ3v) is 3.42. The number of aromatic nitrogens is 2. The Labute approximate surface area is 141 Å². The zero-order valence-electron chi connectivity index (χ0n) is 14.1. The maximum Gasteiger partial charge on any atom is 0.251 e. The van der Waals surface area contributed by atoms with Crippen LogP contribution in [0.15, 0.2) is 28.8 Å². The molecule has 0 atom stereocenters. The summed E-state index contributed by atoms with van der Waals surface area (Å²) in [4.78, 5) is 16.2. The molecule has 1 aromatic carbocycles. The average Bonchev–Trinajstić information content (AvgIpc) is 3.04. The standard InChI is InChI=1S/C17H24N4O3/c1-12(2)6-7-15-20-16(24-21-15)11-19-14-5-3-4-13(10-14)17(23)18-8-9-22/h3-5,10,12,19,22H,6-9,11H2,1-2H3,(H,18,23). The predicted octanol–water partition coefficient (Wildman–Crippen LogP) is 1.99. The summed E-state index contributed by atoms with van der Waals surface area (Å²) in [5.41, 5.74) is 1.31. The van der Waals surface area contributed by atoms with Gasteiger partial charge in [0.05, 0.1) is 13.2 Å². The highest BCUT2D eigenvalue weighted by molar-refractivity contribution is 5.95. The molecular weight excluding hydrogens is 308 g/mol. The van der Waals surface area contributed by atoms with Crippen molar-refractivity contribution in [3.8, 4) is 0 Å². The summed E-state index contributed by atoms with van der Waals surface area (Å²) in [6.45, 7) is 4.87. The second-order valence-electron chi connectivity index (χ2n) is 5.95. The van der Waals surface area contributed by atoms with Gasteiger partial charge in [0.25, 0.3) is 5.91 Å². The second-order valence-corrected chi connectivity index (χ2v) is 5.95. The maximum atomic E-state index is 11.9. The molecule has 0 aliphatic heterocycles. The lowest BCUT2D eigenvalue weighted by Gasteiger charge is -2.07. The first kappa shape index (κ1) is 17.9. The normalized spacial score (nSPS) is 10.8. The monoisotopic (exact) mass is 332 g/mol. The number of nitrogens with one attached hydrogen (secondary N) is 2. The first-order valence-corrected chi connectivity index (χ1v) is 8.13. The van der Waals surface area contributed by atoms with Gasteiger partial charge < -0.3 is 20.3 Å². The smallest absolute Gasteiger partial charge is 0.251 e. The van der Waals surface area contributed by atoms with Crippen LogP contribution in [0.4, 0.5) is 5.69 Å². The van der Waals surface area contributed by atoms with Crippen LogP contribution >= 0.6 is 0 Å². The van der Waals surface area contributed by atoms with Crippen LogP contribution in [0.1, 0.15) is 42.3 Å². The Morgan fingerprint density at radius 2 is 2.21 bits per heavy atom. The topological polar surface area (TPSA) is 100 Å². The lowest BCUT2D eigenvalue weighted by Crippen LogP contribution is -2.26. The van der Waals surface area contributed by atoms with Gasteiger partial charge in [0.15, 0.2) is 5.82 Å².